The zero-order chi connectivity index (χ0) is 12.7. The molecule has 1 aromatic rings. The van der Waals surface area contributed by atoms with E-state index < -0.39 is 0 Å². The lowest BCUT2D eigenvalue weighted by atomic mass is 10.1. The average molecular weight is 238 g/mol. The molecule has 0 fully saturated rings. The standard InChI is InChI=1S/C12H22N4O/c1-9-12(10(2)16-15-9)14-11(17)7-5-3-4-6-8-13/h3-8,13H2,1-2H3,(H,14,17)(H,15,16). The molecule has 0 atom stereocenters. The fourth-order valence-corrected chi connectivity index (χ4v) is 1.72. The van der Waals surface area contributed by atoms with E-state index >= 15 is 0 Å². The lowest BCUT2D eigenvalue weighted by Crippen LogP contribution is -2.12. The van der Waals surface area contributed by atoms with Gasteiger partial charge in [-0.05, 0) is 33.2 Å². The van der Waals surface area contributed by atoms with E-state index in [9.17, 15) is 4.79 Å². The van der Waals surface area contributed by atoms with Crippen LogP contribution in [-0.4, -0.2) is 22.6 Å². The van der Waals surface area contributed by atoms with Crippen LogP contribution in [0.2, 0.25) is 0 Å². The van der Waals surface area contributed by atoms with Crippen molar-refractivity contribution in [2.75, 3.05) is 11.9 Å². The molecule has 0 saturated heterocycles. The van der Waals surface area contributed by atoms with Crippen molar-refractivity contribution in [1.29, 1.82) is 0 Å². The zero-order valence-corrected chi connectivity index (χ0v) is 10.7. The Morgan fingerprint density at radius 2 is 2.00 bits per heavy atom. The lowest BCUT2D eigenvalue weighted by Gasteiger charge is -2.05. The van der Waals surface area contributed by atoms with Crippen molar-refractivity contribution in [3.63, 3.8) is 0 Å². The zero-order valence-electron chi connectivity index (χ0n) is 10.7. The van der Waals surface area contributed by atoms with Crippen LogP contribution < -0.4 is 11.1 Å². The minimum Gasteiger partial charge on any atom is -0.330 e. The number of unbranched alkanes of at least 4 members (excludes halogenated alkanes) is 3. The van der Waals surface area contributed by atoms with E-state index in [0.29, 0.717) is 6.42 Å². The third kappa shape index (κ3) is 4.56. The first-order valence-corrected chi connectivity index (χ1v) is 6.16. The molecule has 1 rings (SSSR count). The maximum Gasteiger partial charge on any atom is 0.224 e. The summed E-state index contributed by atoms with van der Waals surface area (Å²) in [6.07, 6.45) is 4.69. The van der Waals surface area contributed by atoms with E-state index in [1.165, 1.54) is 0 Å². The Morgan fingerprint density at radius 1 is 1.29 bits per heavy atom. The topological polar surface area (TPSA) is 83.8 Å². The summed E-state index contributed by atoms with van der Waals surface area (Å²) in [5.74, 6) is 0.0605. The van der Waals surface area contributed by atoms with Gasteiger partial charge in [0.05, 0.1) is 17.1 Å². The summed E-state index contributed by atoms with van der Waals surface area (Å²) < 4.78 is 0. The second kappa shape index (κ2) is 7.06. The molecular formula is C12H22N4O. The van der Waals surface area contributed by atoms with Crippen molar-refractivity contribution in [3.8, 4) is 0 Å². The van der Waals surface area contributed by atoms with E-state index in [1.54, 1.807) is 0 Å². The monoisotopic (exact) mass is 238 g/mol. The highest BCUT2D eigenvalue weighted by molar-refractivity contribution is 5.91. The maximum absolute atomic E-state index is 11.7. The molecule has 4 N–H and O–H groups in total. The molecular weight excluding hydrogens is 216 g/mol. The van der Waals surface area contributed by atoms with Crippen LogP contribution in [0.1, 0.15) is 43.5 Å². The summed E-state index contributed by atoms with van der Waals surface area (Å²) in [4.78, 5) is 11.7. The van der Waals surface area contributed by atoms with E-state index in [-0.39, 0.29) is 5.91 Å². The number of aromatic amines is 1. The highest BCUT2D eigenvalue weighted by Gasteiger charge is 2.09. The number of aromatic nitrogens is 2. The first kappa shape index (κ1) is 13.7. The van der Waals surface area contributed by atoms with E-state index in [2.05, 4.69) is 15.5 Å². The molecule has 5 heteroatoms. The summed E-state index contributed by atoms with van der Waals surface area (Å²) in [6.45, 7) is 4.51. The number of H-pyrrole nitrogens is 1. The predicted octanol–water partition coefficient (Wildman–Crippen LogP) is 1.87. The van der Waals surface area contributed by atoms with Crippen LogP contribution in [0.5, 0.6) is 0 Å². The number of amides is 1. The number of carbonyl (C=O) groups is 1. The van der Waals surface area contributed by atoms with Crippen molar-refractivity contribution in [2.24, 2.45) is 5.73 Å². The summed E-state index contributed by atoms with van der Waals surface area (Å²) in [5, 5.41) is 9.78. The van der Waals surface area contributed by atoms with Gasteiger partial charge in [-0.1, -0.05) is 12.8 Å². The second-order valence-electron chi connectivity index (χ2n) is 4.31. The number of hydrogen-bond donors (Lipinski definition) is 3. The molecule has 96 valence electrons. The second-order valence-corrected chi connectivity index (χ2v) is 4.31. The molecule has 0 aliphatic carbocycles. The predicted molar refractivity (Wildman–Crippen MR) is 68.8 cm³/mol. The van der Waals surface area contributed by atoms with Crippen molar-refractivity contribution in [1.82, 2.24) is 10.2 Å². The Kier molecular flexibility index (Phi) is 5.69. The smallest absolute Gasteiger partial charge is 0.224 e. The molecule has 0 aromatic carbocycles. The third-order valence-electron chi connectivity index (χ3n) is 2.75. The Morgan fingerprint density at radius 3 is 2.59 bits per heavy atom. The molecule has 1 amide bonds. The molecule has 0 saturated carbocycles. The highest BCUT2D eigenvalue weighted by atomic mass is 16.1. The fourth-order valence-electron chi connectivity index (χ4n) is 1.72. The van der Waals surface area contributed by atoms with Gasteiger partial charge in [0.25, 0.3) is 0 Å². The minimum absolute atomic E-state index is 0.0605. The van der Waals surface area contributed by atoms with Gasteiger partial charge >= 0.3 is 0 Å². The van der Waals surface area contributed by atoms with Gasteiger partial charge in [-0.25, -0.2) is 0 Å². The normalized spacial score (nSPS) is 10.5. The minimum atomic E-state index is 0.0605. The number of aryl methyl sites for hydroxylation is 2. The van der Waals surface area contributed by atoms with Crippen LogP contribution in [0.25, 0.3) is 0 Å². The molecule has 0 aliphatic rings. The number of nitrogens with zero attached hydrogens (tertiary/aromatic N) is 1. The first-order chi connectivity index (χ1) is 8.15. The third-order valence-corrected chi connectivity index (χ3v) is 2.75. The van der Waals surface area contributed by atoms with Gasteiger partial charge in [-0.3, -0.25) is 9.89 Å². The largest absolute Gasteiger partial charge is 0.330 e. The fraction of sp³-hybridized carbons (Fsp3) is 0.667. The summed E-state index contributed by atoms with van der Waals surface area (Å²) in [6, 6.07) is 0. The van der Waals surface area contributed by atoms with Crippen molar-refractivity contribution in [3.05, 3.63) is 11.4 Å². The van der Waals surface area contributed by atoms with Gasteiger partial charge in [0.15, 0.2) is 0 Å². The van der Waals surface area contributed by atoms with Crippen molar-refractivity contribution < 1.29 is 4.79 Å². The molecule has 0 aliphatic heterocycles. The highest BCUT2D eigenvalue weighted by Crippen LogP contribution is 2.16. The van der Waals surface area contributed by atoms with Crippen LogP contribution in [0.4, 0.5) is 5.69 Å². The van der Waals surface area contributed by atoms with Gasteiger partial charge in [0.1, 0.15) is 0 Å². The SMILES string of the molecule is Cc1n[nH]c(C)c1NC(=O)CCCCCCN. The van der Waals surface area contributed by atoms with Gasteiger partial charge in [0.2, 0.25) is 5.91 Å². The van der Waals surface area contributed by atoms with Gasteiger partial charge in [-0.2, -0.15) is 5.10 Å². The van der Waals surface area contributed by atoms with E-state index in [4.69, 9.17) is 5.73 Å². The van der Waals surface area contributed by atoms with Gasteiger partial charge in [0, 0.05) is 6.42 Å². The summed E-state index contributed by atoms with van der Waals surface area (Å²) in [5.41, 5.74) is 7.96. The Labute approximate surface area is 102 Å². The van der Waals surface area contributed by atoms with E-state index in [0.717, 1.165) is 49.3 Å². The average Bonchev–Trinajstić information content (AvgIpc) is 2.60. The molecule has 1 heterocycles. The number of nitrogens with two attached hydrogens (primary N) is 1. The summed E-state index contributed by atoms with van der Waals surface area (Å²) in [7, 11) is 0. The molecule has 0 unspecified atom stereocenters. The number of rotatable bonds is 7. The maximum atomic E-state index is 11.7. The molecule has 1 aromatic heterocycles. The Bertz CT molecular complexity index is 340. The molecule has 0 spiro atoms. The lowest BCUT2D eigenvalue weighted by molar-refractivity contribution is -0.116. The van der Waals surface area contributed by atoms with Crippen LogP contribution in [-0.2, 0) is 4.79 Å². The Hall–Kier alpha value is -1.36. The van der Waals surface area contributed by atoms with Crippen LogP contribution in [0.15, 0.2) is 0 Å². The Balaban J connectivity index is 2.26. The van der Waals surface area contributed by atoms with Crippen LogP contribution >= 0.6 is 0 Å². The van der Waals surface area contributed by atoms with Crippen molar-refractivity contribution in [2.45, 2.75) is 46.0 Å². The number of anilines is 1. The first-order valence-electron chi connectivity index (χ1n) is 6.16. The molecule has 17 heavy (non-hydrogen) atoms. The van der Waals surface area contributed by atoms with Crippen LogP contribution in [0, 0.1) is 13.8 Å². The van der Waals surface area contributed by atoms with Crippen LogP contribution in [0.3, 0.4) is 0 Å². The number of carbonyl (C=O) groups excluding carboxylic acids is 1. The number of nitrogens with one attached hydrogen (secondary N) is 2. The van der Waals surface area contributed by atoms with E-state index in [1.807, 2.05) is 13.8 Å². The van der Waals surface area contributed by atoms with Crippen molar-refractivity contribution >= 4 is 11.6 Å². The molecule has 0 radical (unpaired) electrons. The summed E-state index contributed by atoms with van der Waals surface area (Å²) >= 11 is 0. The van der Waals surface area contributed by atoms with Gasteiger partial charge < -0.3 is 11.1 Å². The molecule has 5 nitrogen and oxygen atoms in total. The quantitative estimate of drug-likeness (QED) is 0.634. The molecule has 0 bridgehead atoms. The van der Waals surface area contributed by atoms with Gasteiger partial charge in [-0.15, -0.1) is 0 Å². The number of hydrogen-bond acceptors (Lipinski definition) is 3.